The van der Waals surface area contributed by atoms with Crippen LogP contribution in [0, 0.1) is 45.8 Å². The second-order valence-corrected chi connectivity index (χ2v) is 30.8. The van der Waals surface area contributed by atoms with Crippen LogP contribution in [0.3, 0.4) is 0 Å². The number of aromatic hydroxyl groups is 2. The third-order valence-electron chi connectivity index (χ3n) is 20.4. The molecule has 17 atom stereocenters. The SMILES string of the molecule is CC[C@H](C)[C@H](NC(=O)[C@H](Cc1ccc(O)cc1)NC(=O)[C@H](Cc1c[nH]cn1)NC(=O)[C@@H](N)CCCNC(=N)N)C(=O)N[C@@H](CC(N)=O)C(=O)N[C@@H](CC(C)C)C(=O)N[C@H](C(=O)N[C@H](C(=O)N[C@@H](CCCNC(=N)N)C(=O)N[C@@H]1[C@@H](C(=O)N[C@@H](CCCNC(=N)N)C(=O)N[C@@H](Cc2ccc(O)cc2)C(N)=O)[C@@H]1C(=O)OCc1ccccc1)[C@@H](C)O)[C@@H](C)CC. The zero-order valence-electron chi connectivity index (χ0n) is 70.0. The van der Waals surface area contributed by atoms with Gasteiger partial charge in [-0.3, -0.25) is 83.4 Å². The minimum Gasteiger partial charge on any atom is -0.508 e. The van der Waals surface area contributed by atoms with Gasteiger partial charge in [-0.15, -0.1) is 0 Å². The first kappa shape index (κ1) is 100. The molecule has 1 aliphatic rings. The van der Waals surface area contributed by atoms with Gasteiger partial charge >= 0.3 is 5.97 Å². The first-order valence-corrected chi connectivity index (χ1v) is 40.5. The van der Waals surface area contributed by atoms with Gasteiger partial charge in [-0.2, -0.15) is 0 Å². The van der Waals surface area contributed by atoms with E-state index in [1.165, 1.54) is 61.1 Å². The van der Waals surface area contributed by atoms with Crippen LogP contribution in [0.5, 0.6) is 11.5 Å². The first-order chi connectivity index (χ1) is 58.2. The number of nitrogens with zero attached hydrogens (tertiary/aromatic N) is 1. The van der Waals surface area contributed by atoms with Crippen LogP contribution in [0.1, 0.15) is 135 Å². The van der Waals surface area contributed by atoms with Crippen molar-refractivity contribution in [3.8, 4) is 11.5 Å². The molecule has 1 aliphatic carbocycles. The number of esters is 1. The van der Waals surface area contributed by atoms with Gasteiger partial charge in [0.05, 0.1) is 48.5 Å². The molecule has 0 unspecified atom stereocenters. The third kappa shape index (κ3) is 34.4. The molecule has 1 saturated carbocycles. The van der Waals surface area contributed by atoms with Crippen molar-refractivity contribution in [3.05, 3.63) is 114 Å². The largest absolute Gasteiger partial charge is 0.508 e. The van der Waals surface area contributed by atoms with Crippen LogP contribution in [-0.2, 0) is 97.7 Å². The Morgan fingerprint density at radius 1 is 0.472 bits per heavy atom. The number of amides is 13. The second kappa shape index (κ2) is 50.1. The summed E-state index contributed by atoms with van der Waals surface area (Å²) in [7, 11) is 0. The molecule has 0 aliphatic heterocycles. The fourth-order valence-electron chi connectivity index (χ4n) is 13.0. The molecule has 0 bridgehead atoms. The summed E-state index contributed by atoms with van der Waals surface area (Å²) in [6.07, 6.45) is -0.0221. The van der Waals surface area contributed by atoms with Gasteiger partial charge in [-0.1, -0.05) is 109 Å². The lowest BCUT2D eigenvalue weighted by molar-refractivity contribution is -0.148. The van der Waals surface area contributed by atoms with Gasteiger partial charge in [-0.05, 0) is 111 Å². The standard InChI is InChI=1S/C80H121N25O18/c1-8-41(5)61(102-72(117)55(34-45-23-27-49(108)28-24-45)100-69(114)56(35-47-37-90-39-94-47)98-66(111)50(81)18-13-29-91-78(84)85)74(119)101-57(36-58(82)109)70(115)99-54(32-40(3)4)71(116)103-62(42(6)9-2)75(120)104-63(43(7)106)76(121)96-52(20-15-31-93-80(88)89)68(113)105-64-59(60(64)77(122)123-38-46-16-11-10-12-17-46)73(118)95-51(19-14-30-92-79(86)87)67(112)97-53(65(83)110)33-44-21-25-48(107)26-22-44/h10-12,16-17,21-28,37,39-43,50-57,59-64,106-108H,8-9,13-15,18-20,29-36,38,81H2,1-7H3,(H2,82,109)(H2,83,110)(H,90,94)(H,95,118)(H,96,121)(H,97,112)(H,98,111)(H,99,115)(H,100,114)(H,101,119)(H,102,117)(H,103,116)(H,104,120)(H,105,113)(H4,84,85,91)(H4,86,87,92)(H4,88,89,93)/t41-,42-,43+,50-,51-,52-,53-,54-,55-,56-,57-,59-,60-,61-,62-,63-,64+/m0/s1. The predicted molar refractivity (Wildman–Crippen MR) is 449 cm³/mol. The predicted octanol–water partition coefficient (Wildman–Crippen LogP) is -4.83. The van der Waals surface area contributed by atoms with Gasteiger partial charge in [0, 0.05) is 45.1 Å². The molecule has 0 spiro atoms. The minimum atomic E-state index is -1.91. The molecule has 1 heterocycles. The molecule has 4 aromatic rings. The summed E-state index contributed by atoms with van der Waals surface area (Å²) >= 11 is 0. The number of H-pyrrole nitrogens is 1. The number of nitrogens with one attached hydrogen (secondary N) is 18. The lowest BCUT2D eigenvalue weighted by Crippen LogP contribution is -2.63. The summed E-state index contributed by atoms with van der Waals surface area (Å²) in [5.74, 6) is -19.9. The van der Waals surface area contributed by atoms with Gasteiger partial charge in [0.25, 0.3) is 0 Å². The van der Waals surface area contributed by atoms with Crippen molar-refractivity contribution in [2.75, 3.05) is 19.6 Å². The number of aliphatic hydroxyl groups excluding tert-OH is 1. The molecule has 3 aromatic carbocycles. The van der Waals surface area contributed by atoms with Crippen LogP contribution in [0.25, 0.3) is 0 Å². The number of phenols is 2. The lowest BCUT2D eigenvalue weighted by atomic mass is 9.95. The molecule has 43 heteroatoms. The molecule has 0 saturated heterocycles. The fourth-order valence-corrected chi connectivity index (χ4v) is 13.0. The number of imidazole rings is 1. The maximum Gasteiger partial charge on any atom is 0.312 e. The van der Waals surface area contributed by atoms with Crippen LogP contribution in [0.2, 0.25) is 0 Å². The average Bonchev–Trinajstić information content (AvgIpc) is 1.59. The maximum atomic E-state index is 14.8. The highest BCUT2D eigenvalue weighted by atomic mass is 16.5. The number of aliphatic hydroxyl groups is 1. The summed E-state index contributed by atoms with van der Waals surface area (Å²) in [4.78, 5) is 206. The molecule has 123 heavy (non-hydrogen) atoms. The smallest absolute Gasteiger partial charge is 0.312 e. The molecule has 1 fully saturated rings. The van der Waals surface area contributed by atoms with Crippen molar-refractivity contribution in [1.82, 2.24) is 84.4 Å². The van der Waals surface area contributed by atoms with E-state index < -0.39 is 209 Å². The number of rotatable bonds is 53. The van der Waals surface area contributed by atoms with E-state index in [-0.39, 0.29) is 114 Å². The van der Waals surface area contributed by atoms with E-state index in [9.17, 15) is 82.4 Å². The number of primary amides is 2. The Labute approximate surface area is 711 Å². The van der Waals surface area contributed by atoms with Crippen molar-refractivity contribution in [2.24, 2.45) is 64.0 Å². The maximum absolute atomic E-state index is 14.8. The molecule has 13 amide bonds. The van der Waals surface area contributed by atoms with Crippen molar-refractivity contribution in [3.63, 3.8) is 0 Å². The number of nitrogens with two attached hydrogens (primary N) is 6. The van der Waals surface area contributed by atoms with E-state index in [2.05, 4.69) is 84.4 Å². The Balaban J connectivity index is 1.38. The number of guanidine groups is 3. The summed E-state index contributed by atoms with van der Waals surface area (Å²) in [6, 6.07) is 1.53. The summed E-state index contributed by atoms with van der Waals surface area (Å²) in [5, 5.41) is 90.3. The van der Waals surface area contributed by atoms with E-state index in [0.717, 1.165) is 6.92 Å². The molecule has 0 radical (unpaired) electrons. The van der Waals surface area contributed by atoms with Crippen molar-refractivity contribution in [1.29, 1.82) is 16.2 Å². The molecular formula is C80H121N25O18. The Kier molecular flexibility index (Phi) is 40.9. The molecule has 674 valence electrons. The second-order valence-electron chi connectivity index (χ2n) is 30.8. The van der Waals surface area contributed by atoms with Crippen molar-refractivity contribution in [2.45, 2.75) is 217 Å². The van der Waals surface area contributed by atoms with E-state index in [1.54, 1.807) is 71.9 Å². The summed E-state index contributed by atoms with van der Waals surface area (Å²) in [6.45, 7) is 11.0. The highest BCUT2D eigenvalue weighted by Crippen LogP contribution is 2.41. The average molecular weight is 1720 g/mol. The number of aromatic nitrogens is 2. The van der Waals surface area contributed by atoms with Gasteiger partial charge in [0.2, 0.25) is 76.8 Å². The third-order valence-corrected chi connectivity index (χ3v) is 20.4. The number of hydrogen-bond donors (Lipinski definition) is 27. The normalized spacial score (nSPS) is 16.7. The topological polar surface area (TPSA) is 734 Å². The number of carbonyl (C=O) groups is 14. The van der Waals surface area contributed by atoms with E-state index >= 15 is 0 Å². The Hall–Kier alpha value is -13.2. The monoisotopic (exact) mass is 1720 g/mol. The van der Waals surface area contributed by atoms with E-state index in [1.807, 2.05) is 0 Å². The Morgan fingerprint density at radius 3 is 1.38 bits per heavy atom. The van der Waals surface area contributed by atoms with Crippen LogP contribution >= 0.6 is 0 Å². The van der Waals surface area contributed by atoms with Crippen LogP contribution in [-0.4, -0.2) is 224 Å². The number of phenolic OH excluding ortho intramolecular Hbond substituents is 2. The van der Waals surface area contributed by atoms with Crippen LogP contribution in [0.15, 0.2) is 91.4 Å². The van der Waals surface area contributed by atoms with Gasteiger partial charge in [-0.25, -0.2) is 4.98 Å². The zero-order chi connectivity index (χ0) is 91.3. The number of carbonyl (C=O) groups excluding carboxylic acids is 14. The van der Waals surface area contributed by atoms with Gasteiger partial charge < -0.3 is 134 Å². The van der Waals surface area contributed by atoms with Crippen LogP contribution in [0.4, 0.5) is 0 Å². The number of ether oxygens (including phenoxy) is 1. The lowest BCUT2D eigenvalue weighted by Gasteiger charge is -2.31. The number of benzene rings is 3. The van der Waals surface area contributed by atoms with Crippen LogP contribution < -0.4 is 109 Å². The van der Waals surface area contributed by atoms with E-state index in [4.69, 9.17) is 55.4 Å². The highest BCUT2D eigenvalue weighted by Gasteiger charge is 2.61. The summed E-state index contributed by atoms with van der Waals surface area (Å²) in [5.41, 5.74) is 35.8. The van der Waals surface area contributed by atoms with Crippen molar-refractivity contribution < 1.29 is 87.2 Å². The highest BCUT2D eigenvalue weighted by molar-refractivity contribution is 6.01. The van der Waals surface area contributed by atoms with E-state index in [0.29, 0.717) is 28.8 Å². The molecular weight excluding hydrogens is 1600 g/mol. The Bertz CT molecular complexity index is 4260. The minimum absolute atomic E-state index is 0.00587. The van der Waals surface area contributed by atoms with Crippen molar-refractivity contribution >= 4 is 101 Å². The zero-order valence-corrected chi connectivity index (χ0v) is 70.0. The molecule has 43 nitrogen and oxygen atoms in total. The Morgan fingerprint density at radius 2 is 0.894 bits per heavy atom. The molecule has 33 N–H and O–H groups in total. The number of hydrogen-bond acceptors (Lipinski definition) is 23. The first-order valence-electron chi connectivity index (χ1n) is 40.5. The van der Waals surface area contributed by atoms with Gasteiger partial charge in [0.15, 0.2) is 17.9 Å². The number of aromatic amines is 1. The molecule has 1 aromatic heterocycles. The van der Waals surface area contributed by atoms with Gasteiger partial charge in [0.1, 0.15) is 78.5 Å². The summed E-state index contributed by atoms with van der Waals surface area (Å²) < 4.78 is 5.65. The fraction of sp³-hybridized carbons (Fsp3) is 0.525. The molecule has 5 rings (SSSR count). The quantitative estimate of drug-likeness (QED) is 0.00853.